The average Bonchev–Trinajstić information content (AvgIpc) is 2.98. The summed E-state index contributed by atoms with van der Waals surface area (Å²) in [4.78, 5) is 11.8. The number of ketones is 1. The molecule has 0 radical (unpaired) electrons. The first-order valence-electron chi connectivity index (χ1n) is 5.63. The van der Waals surface area contributed by atoms with Crippen LogP contribution in [0.5, 0.6) is 0 Å². The van der Waals surface area contributed by atoms with Crippen LogP contribution in [0, 0.1) is 0 Å². The van der Waals surface area contributed by atoms with Crippen molar-refractivity contribution in [3.63, 3.8) is 0 Å². The van der Waals surface area contributed by atoms with E-state index in [0.717, 1.165) is 12.1 Å². The van der Waals surface area contributed by atoms with Crippen molar-refractivity contribution in [1.82, 2.24) is 25.2 Å². The molecular weight excluding hydrogens is 218 g/mol. The Kier molecular flexibility index (Phi) is 3.32. The highest BCUT2D eigenvalue weighted by molar-refractivity contribution is 5.95. The lowest BCUT2D eigenvalue weighted by Gasteiger charge is -2.07. The Hall–Kier alpha value is -1.98. The second-order valence-electron chi connectivity index (χ2n) is 4.00. The second-order valence-corrected chi connectivity index (χ2v) is 4.00. The predicted molar refractivity (Wildman–Crippen MR) is 61.6 cm³/mol. The van der Waals surface area contributed by atoms with Gasteiger partial charge in [-0.25, -0.2) is 0 Å². The zero-order valence-electron chi connectivity index (χ0n) is 9.92. The van der Waals surface area contributed by atoms with Crippen LogP contribution in [0.1, 0.15) is 42.5 Å². The van der Waals surface area contributed by atoms with Gasteiger partial charge in [0.2, 0.25) is 0 Å². The maximum absolute atomic E-state index is 11.8. The number of carbonyl (C=O) groups is 1. The van der Waals surface area contributed by atoms with E-state index < -0.39 is 0 Å². The Bertz CT molecular complexity index is 488. The molecule has 6 nitrogen and oxygen atoms in total. The summed E-state index contributed by atoms with van der Waals surface area (Å²) in [5.74, 6) is -0.0758. The van der Waals surface area contributed by atoms with Crippen molar-refractivity contribution in [2.75, 3.05) is 0 Å². The first kappa shape index (κ1) is 11.5. The molecule has 6 heteroatoms. The van der Waals surface area contributed by atoms with Gasteiger partial charge in [0.1, 0.15) is 5.69 Å². The van der Waals surface area contributed by atoms with Gasteiger partial charge in [-0.05, 0) is 19.4 Å². The van der Waals surface area contributed by atoms with Gasteiger partial charge in [0.25, 0.3) is 0 Å². The molecule has 2 heterocycles. The minimum absolute atomic E-state index is 0.0758. The second kappa shape index (κ2) is 4.90. The lowest BCUT2D eigenvalue weighted by molar-refractivity contribution is 0.0987. The number of aromatic amines is 1. The van der Waals surface area contributed by atoms with Crippen LogP contribution in [0.4, 0.5) is 0 Å². The summed E-state index contributed by atoms with van der Waals surface area (Å²) in [5, 5.41) is 14.2. The average molecular weight is 233 g/mol. The van der Waals surface area contributed by atoms with E-state index in [2.05, 4.69) is 34.4 Å². The third kappa shape index (κ3) is 2.58. The number of rotatable bonds is 5. The molecule has 0 bridgehead atoms. The van der Waals surface area contributed by atoms with Crippen molar-refractivity contribution in [3.8, 4) is 0 Å². The molecule has 0 spiro atoms. The fraction of sp³-hybridized carbons (Fsp3) is 0.455. The van der Waals surface area contributed by atoms with Gasteiger partial charge in [0.05, 0.1) is 18.3 Å². The van der Waals surface area contributed by atoms with Gasteiger partial charge in [0, 0.05) is 12.2 Å². The fourth-order valence-corrected chi connectivity index (χ4v) is 1.50. The maximum atomic E-state index is 11.8. The number of hydrogen-bond acceptors (Lipinski definition) is 4. The molecule has 0 saturated carbocycles. The highest BCUT2D eigenvalue weighted by Crippen LogP contribution is 2.10. The third-order valence-corrected chi connectivity index (χ3v) is 2.75. The predicted octanol–water partition coefficient (Wildman–Crippen LogP) is 1.40. The zero-order valence-corrected chi connectivity index (χ0v) is 9.92. The first-order valence-corrected chi connectivity index (χ1v) is 5.63. The Balaban J connectivity index is 2.04. The molecule has 0 aliphatic carbocycles. The maximum Gasteiger partial charge on any atom is 0.190 e. The minimum Gasteiger partial charge on any atom is -0.292 e. The SMILES string of the molecule is CCC(C)n1ccc(CC(=O)c2cn[nH]n2)n1. The minimum atomic E-state index is -0.0758. The number of hydrogen-bond donors (Lipinski definition) is 1. The molecule has 2 rings (SSSR count). The van der Waals surface area contributed by atoms with Gasteiger partial charge in [0.15, 0.2) is 5.78 Å². The van der Waals surface area contributed by atoms with Gasteiger partial charge in [-0.1, -0.05) is 6.92 Å². The third-order valence-electron chi connectivity index (χ3n) is 2.75. The topological polar surface area (TPSA) is 76.5 Å². The van der Waals surface area contributed by atoms with Gasteiger partial charge in [-0.15, -0.1) is 0 Å². The van der Waals surface area contributed by atoms with E-state index >= 15 is 0 Å². The van der Waals surface area contributed by atoms with Crippen molar-refractivity contribution < 1.29 is 4.79 Å². The summed E-state index contributed by atoms with van der Waals surface area (Å²) in [7, 11) is 0. The molecule has 2 aromatic rings. The van der Waals surface area contributed by atoms with Gasteiger partial charge >= 0.3 is 0 Å². The quantitative estimate of drug-likeness (QED) is 0.792. The molecule has 17 heavy (non-hydrogen) atoms. The van der Waals surface area contributed by atoms with Crippen molar-refractivity contribution in [2.45, 2.75) is 32.7 Å². The molecule has 0 fully saturated rings. The van der Waals surface area contributed by atoms with Crippen LogP contribution in [0.15, 0.2) is 18.5 Å². The lowest BCUT2D eigenvalue weighted by Crippen LogP contribution is -2.08. The summed E-state index contributed by atoms with van der Waals surface area (Å²) in [6.45, 7) is 4.20. The monoisotopic (exact) mass is 233 g/mol. The normalized spacial score (nSPS) is 12.6. The largest absolute Gasteiger partial charge is 0.292 e. The fourth-order valence-electron chi connectivity index (χ4n) is 1.50. The Labute approximate surface area is 99.0 Å². The van der Waals surface area contributed by atoms with Gasteiger partial charge in [-0.3, -0.25) is 9.48 Å². The molecule has 0 aliphatic heterocycles. The zero-order chi connectivity index (χ0) is 12.3. The smallest absolute Gasteiger partial charge is 0.190 e. The standard InChI is InChI=1S/C11H15N5O/c1-3-8(2)16-5-4-9(14-16)6-11(17)10-7-12-15-13-10/h4-5,7-8H,3,6H2,1-2H3,(H,12,13,15). The van der Waals surface area contributed by atoms with E-state index in [4.69, 9.17) is 0 Å². The molecule has 1 unspecified atom stereocenters. The van der Waals surface area contributed by atoms with Gasteiger partial charge in [-0.2, -0.15) is 20.5 Å². The number of nitrogens with zero attached hydrogens (tertiary/aromatic N) is 4. The molecule has 0 amide bonds. The van der Waals surface area contributed by atoms with E-state index in [0.29, 0.717) is 11.7 Å². The van der Waals surface area contributed by atoms with Crippen molar-refractivity contribution in [3.05, 3.63) is 29.8 Å². The summed E-state index contributed by atoms with van der Waals surface area (Å²) >= 11 is 0. The highest BCUT2D eigenvalue weighted by Gasteiger charge is 2.12. The first-order chi connectivity index (χ1) is 8.20. The van der Waals surface area contributed by atoms with E-state index in [9.17, 15) is 4.79 Å². The summed E-state index contributed by atoms with van der Waals surface area (Å²) in [6.07, 6.45) is 4.60. The van der Waals surface area contributed by atoms with Crippen molar-refractivity contribution in [2.24, 2.45) is 0 Å². The summed E-state index contributed by atoms with van der Waals surface area (Å²) < 4.78 is 1.88. The molecule has 0 aromatic carbocycles. The van der Waals surface area contributed by atoms with Crippen LogP contribution < -0.4 is 0 Å². The van der Waals surface area contributed by atoms with Crippen LogP contribution in [0.25, 0.3) is 0 Å². The molecule has 1 atom stereocenters. The number of H-pyrrole nitrogens is 1. The number of Topliss-reactive ketones (excluding diaryl/α,β-unsaturated/α-hetero) is 1. The highest BCUT2D eigenvalue weighted by atomic mass is 16.1. The van der Waals surface area contributed by atoms with Crippen LogP contribution >= 0.6 is 0 Å². The van der Waals surface area contributed by atoms with Crippen molar-refractivity contribution >= 4 is 5.78 Å². The van der Waals surface area contributed by atoms with E-state index in [1.165, 1.54) is 6.20 Å². The van der Waals surface area contributed by atoms with E-state index in [1.54, 1.807) is 0 Å². The Morgan fingerprint density at radius 1 is 1.59 bits per heavy atom. The molecule has 0 saturated heterocycles. The molecule has 0 aliphatic rings. The van der Waals surface area contributed by atoms with Crippen LogP contribution in [0.3, 0.4) is 0 Å². The number of carbonyl (C=O) groups excluding carboxylic acids is 1. The van der Waals surface area contributed by atoms with Crippen LogP contribution in [0.2, 0.25) is 0 Å². The van der Waals surface area contributed by atoms with E-state index in [1.807, 2.05) is 16.9 Å². The Morgan fingerprint density at radius 2 is 2.41 bits per heavy atom. The lowest BCUT2D eigenvalue weighted by atomic mass is 10.2. The number of nitrogens with one attached hydrogen (secondary N) is 1. The van der Waals surface area contributed by atoms with Crippen LogP contribution in [-0.4, -0.2) is 31.0 Å². The molecule has 2 aromatic heterocycles. The van der Waals surface area contributed by atoms with E-state index in [-0.39, 0.29) is 12.2 Å². The summed E-state index contributed by atoms with van der Waals surface area (Å²) in [6, 6.07) is 2.22. The molecule has 90 valence electrons. The number of aromatic nitrogens is 5. The molecule has 1 N–H and O–H groups in total. The summed E-state index contributed by atoms with van der Waals surface area (Å²) in [5.41, 5.74) is 1.11. The van der Waals surface area contributed by atoms with Crippen LogP contribution in [-0.2, 0) is 6.42 Å². The molecular formula is C11H15N5O. The van der Waals surface area contributed by atoms with Crippen molar-refractivity contribution in [1.29, 1.82) is 0 Å². The van der Waals surface area contributed by atoms with Gasteiger partial charge < -0.3 is 0 Å². The Morgan fingerprint density at radius 3 is 3.06 bits per heavy atom.